The van der Waals surface area contributed by atoms with Gasteiger partial charge in [0.1, 0.15) is 17.4 Å². The maximum atomic E-state index is 13.2. The second kappa shape index (κ2) is 8.87. The van der Waals surface area contributed by atoms with Crippen molar-refractivity contribution in [1.82, 2.24) is 9.55 Å². The van der Waals surface area contributed by atoms with Crippen molar-refractivity contribution in [1.29, 1.82) is 0 Å². The van der Waals surface area contributed by atoms with Crippen molar-refractivity contribution < 1.29 is 18.3 Å². The zero-order valence-electron chi connectivity index (χ0n) is 14.3. The van der Waals surface area contributed by atoms with E-state index in [4.69, 9.17) is 28.3 Å². The Bertz CT molecular complexity index is 743. The summed E-state index contributed by atoms with van der Waals surface area (Å²) in [5.74, 6) is 0.255. The minimum atomic E-state index is -4.38. The van der Waals surface area contributed by atoms with Gasteiger partial charge in [-0.3, -0.25) is 0 Å². The average molecular weight is 427 g/mol. The standard InChI is InChI=1S/C17H19Cl2F3N2OS/c1-10(2)15-16(26-13-7-11(18)6-12(19)8-13)24(9-17(20,21)22)14(23-15)4-3-5-25/h6-8,10,25H,3-5,9H2,1-2H3. The predicted octanol–water partition coefficient (Wildman–Crippen LogP) is 5.95. The third-order valence-electron chi connectivity index (χ3n) is 3.52. The fourth-order valence-corrected chi connectivity index (χ4v) is 4.37. The van der Waals surface area contributed by atoms with E-state index in [0.717, 1.165) is 11.8 Å². The number of alkyl halides is 3. The Labute approximate surface area is 164 Å². The van der Waals surface area contributed by atoms with Crippen LogP contribution < -0.4 is 0 Å². The highest BCUT2D eigenvalue weighted by atomic mass is 35.5. The van der Waals surface area contributed by atoms with Crippen molar-refractivity contribution in [3.63, 3.8) is 0 Å². The maximum Gasteiger partial charge on any atom is 0.406 e. The van der Waals surface area contributed by atoms with Crippen LogP contribution in [0.4, 0.5) is 13.2 Å². The summed E-state index contributed by atoms with van der Waals surface area (Å²) in [6, 6.07) is 4.87. The van der Waals surface area contributed by atoms with E-state index in [1.165, 1.54) is 4.57 Å². The summed E-state index contributed by atoms with van der Waals surface area (Å²) in [6.45, 7) is 2.52. The number of nitrogens with zero attached hydrogens (tertiary/aromatic N) is 2. The van der Waals surface area contributed by atoms with Crippen molar-refractivity contribution in [2.75, 3.05) is 6.61 Å². The molecule has 0 saturated carbocycles. The van der Waals surface area contributed by atoms with Crippen molar-refractivity contribution in [3.05, 3.63) is 39.8 Å². The molecule has 0 bridgehead atoms. The van der Waals surface area contributed by atoms with Gasteiger partial charge in [-0.05, 0) is 30.5 Å². The number of aliphatic hydroxyl groups is 1. The molecule has 0 fully saturated rings. The molecule has 0 spiro atoms. The number of aromatic nitrogens is 2. The number of rotatable bonds is 7. The van der Waals surface area contributed by atoms with Crippen molar-refractivity contribution in [2.24, 2.45) is 0 Å². The smallest absolute Gasteiger partial charge is 0.396 e. The Morgan fingerprint density at radius 2 is 1.81 bits per heavy atom. The van der Waals surface area contributed by atoms with Gasteiger partial charge in [0.2, 0.25) is 0 Å². The van der Waals surface area contributed by atoms with Crippen LogP contribution in [-0.4, -0.2) is 27.4 Å². The first-order chi connectivity index (χ1) is 12.1. The molecular formula is C17H19Cl2F3N2OS. The van der Waals surface area contributed by atoms with Crippen LogP contribution in [0.3, 0.4) is 0 Å². The maximum absolute atomic E-state index is 13.2. The minimum absolute atomic E-state index is 0.0606. The van der Waals surface area contributed by atoms with Crippen LogP contribution in [-0.2, 0) is 13.0 Å². The van der Waals surface area contributed by atoms with Gasteiger partial charge in [-0.25, -0.2) is 4.98 Å². The Morgan fingerprint density at radius 1 is 1.19 bits per heavy atom. The molecule has 1 aromatic carbocycles. The van der Waals surface area contributed by atoms with Crippen LogP contribution in [0.15, 0.2) is 28.1 Å². The third-order valence-corrected chi connectivity index (χ3v) is 5.05. The van der Waals surface area contributed by atoms with Crippen LogP contribution in [0.25, 0.3) is 0 Å². The Morgan fingerprint density at radius 3 is 2.31 bits per heavy atom. The van der Waals surface area contributed by atoms with Gasteiger partial charge < -0.3 is 9.67 Å². The lowest BCUT2D eigenvalue weighted by Crippen LogP contribution is -2.20. The quantitative estimate of drug-likeness (QED) is 0.593. The highest BCUT2D eigenvalue weighted by Crippen LogP contribution is 2.38. The average Bonchev–Trinajstić information content (AvgIpc) is 2.80. The Hall–Kier alpha value is -0.890. The summed E-state index contributed by atoms with van der Waals surface area (Å²) in [5, 5.41) is 10.3. The van der Waals surface area contributed by atoms with Crippen LogP contribution in [0.5, 0.6) is 0 Å². The molecule has 1 heterocycles. The molecule has 0 radical (unpaired) electrons. The molecule has 9 heteroatoms. The molecule has 0 atom stereocenters. The molecule has 144 valence electrons. The SMILES string of the molecule is CC(C)c1nc(CCCO)n(CC(F)(F)F)c1Sc1cc(Cl)cc(Cl)c1. The van der Waals surface area contributed by atoms with Crippen molar-refractivity contribution >= 4 is 35.0 Å². The molecule has 2 aromatic rings. The molecule has 1 aromatic heterocycles. The lowest BCUT2D eigenvalue weighted by Gasteiger charge is -2.15. The van der Waals surface area contributed by atoms with E-state index in [-0.39, 0.29) is 18.9 Å². The van der Waals surface area contributed by atoms with E-state index in [1.807, 2.05) is 13.8 Å². The molecule has 0 aliphatic heterocycles. The van der Waals surface area contributed by atoms with Gasteiger partial charge >= 0.3 is 6.18 Å². The second-order valence-electron chi connectivity index (χ2n) is 6.11. The molecule has 26 heavy (non-hydrogen) atoms. The largest absolute Gasteiger partial charge is 0.406 e. The summed E-state index contributed by atoms with van der Waals surface area (Å²) >= 11 is 13.2. The summed E-state index contributed by atoms with van der Waals surface area (Å²) < 4.78 is 40.6. The third kappa shape index (κ3) is 5.81. The molecule has 2 rings (SSSR count). The summed E-state index contributed by atoms with van der Waals surface area (Å²) in [6.07, 6.45) is -3.77. The molecule has 0 saturated heterocycles. The fourth-order valence-electron chi connectivity index (χ4n) is 2.46. The van der Waals surface area contributed by atoms with Crippen LogP contribution in [0.1, 0.15) is 37.7 Å². The molecule has 0 aliphatic rings. The van der Waals surface area contributed by atoms with Crippen LogP contribution in [0.2, 0.25) is 10.0 Å². The molecular weight excluding hydrogens is 408 g/mol. The van der Waals surface area contributed by atoms with Gasteiger partial charge in [-0.2, -0.15) is 13.2 Å². The van der Waals surface area contributed by atoms with E-state index >= 15 is 0 Å². The van der Waals surface area contributed by atoms with E-state index < -0.39 is 12.7 Å². The summed E-state index contributed by atoms with van der Waals surface area (Å²) in [4.78, 5) is 5.08. The van der Waals surface area contributed by atoms with Crippen LogP contribution in [0, 0.1) is 0 Å². The van der Waals surface area contributed by atoms with Crippen molar-refractivity contribution in [2.45, 2.75) is 55.2 Å². The molecule has 0 unspecified atom stereocenters. The summed E-state index contributed by atoms with van der Waals surface area (Å²) in [7, 11) is 0. The highest BCUT2D eigenvalue weighted by Gasteiger charge is 2.32. The van der Waals surface area contributed by atoms with Gasteiger partial charge in [-0.1, -0.05) is 48.8 Å². The van der Waals surface area contributed by atoms with Crippen LogP contribution >= 0.6 is 35.0 Å². The Balaban J connectivity index is 2.53. The first-order valence-corrected chi connectivity index (χ1v) is 9.59. The predicted molar refractivity (Wildman–Crippen MR) is 98.4 cm³/mol. The second-order valence-corrected chi connectivity index (χ2v) is 8.04. The van der Waals surface area contributed by atoms with Crippen molar-refractivity contribution in [3.8, 4) is 0 Å². The lowest BCUT2D eigenvalue weighted by molar-refractivity contribution is -0.142. The number of benzene rings is 1. The van der Waals surface area contributed by atoms with Gasteiger partial charge in [0.05, 0.1) is 5.69 Å². The van der Waals surface area contributed by atoms with E-state index in [1.54, 1.807) is 18.2 Å². The number of hydrogen-bond donors (Lipinski definition) is 1. The summed E-state index contributed by atoms with van der Waals surface area (Å²) in [5.41, 5.74) is 0.586. The minimum Gasteiger partial charge on any atom is -0.396 e. The number of aliphatic hydroxyl groups excluding tert-OH is 1. The number of hydrogen-bond acceptors (Lipinski definition) is 3. The van der Waals surface area contributed by atoms with E-state index in [0.29, 0.717) is 37.9 Å². The Kier molecular flexibility index (Phi) is 7.30. The molecule has 0 aliphatic carbocycles. The first kappa shape index (κ1) is 21.4. The zero-order valence-corrected chi connectivity index (χ0v) is 16.6. The van der Waals surface area contributed by atoms with Gasteiger partial charge in [0.25, 0.3) is 0 Å². The molecule has 3 nitrogen and oxygen atoms in total. The molecule has 0 amide bonds. The topological polar surface area (TPSA) is 38.1 Å². The lowest BCUT2D eigenvalue weighted by atomic mass is 10.1. The first-order valence-electron chi connectivity index (χ1n) is 8.01. The van der Waals surface area contributed by atoms with Gasteiger partial charge in [-0.15, -0.1) is 0 Å². The molecule has 1 N–H and O–H groups in total. The van der Waals surface area contributed by atoms with Gasteiger partial charge in [0, 0.05) is 28.0 Å². The number of imidazole rings is 1. The number of halogens is 5. The fraction of sp³-hybridized carbons (Fsp3) is 0.471. The zero-order chi connectivity index (χ0) is 19.5. The van der Waals surface area contributed by atoms with Gasteiger partial charge in [0.15, 0.2) is 0 Å². The highest BCUT2D eigenvalue weighted by molar-refractivity contribution is 7.99. The van der Waals surface area contributed by atoms with E-state index in [2.05, 4.69) is 4.98 Å². The normalized spacial score (nSPS) is 12.2. The monoisotopic (exact) mass is 426 g/mol. The van der Waals surface area contributed by atoms with E-state index in [9.17, 15) is 13.2 Å². The number of aryl methyl sites for hydroxylation is 1.